The highest BCUT2D eigenvalue weighted by Crippen LogP contribution is 2.63. The van der Waals surface area contributed by atoms with Crippen LogP contribution in [0.2, 0.25) is 0 Å². The first-order valence-electron chi connectivity index (χ1n) is 13.6. The molecule has 1 unspecified atom stereocenters. The largest absolute Gasteiger partial charge is 0.478 e. The van der Waals surface area contributed by atoms with E-state index in [0.29, 0.717) is 23.7 Å². The number of carboxylic acids is 1. The van der Waals surface area contributed by atoms with E-state index in [2.05, 4.69) is 53.7 Å². The molecule has 5 atom stereocenters. The molecule has 0 aromatic rings. The predicted octanol–water partition coefficient (Wildman–Crippen LogP) is 7.67. The smallest absolute Gasteiger partial charge is 0.330 e. The topological polar surface area (TPSA) is 74.6 Å². The summed E-state index contributed by atoms with van der Waals surface area (Å²) in [7, 11) is 0. The number of hydrogen-bond donors (Lipinski definition) is 2. The summed E-state index contributed by atoms with van der Waals surface area (Å²) in [6.07, 6.45) is 14.3. The van der Waals surface area contributed by atoms with Crippen molar-refractivity contribution in [1.29, 1.82) is 0 Å². The molecular weight excluding hydrogens is 436 g/mol. The van der Waals surface area contributed by atoms with Crippen LogP contribution < -0.4 is 0 Å². The van der Waals surface area contributed by atoms with Crippen LogP contribution in [0, 0.1) is 28.6 Å². The van der Waals surface area contributed by atoms with Gasteiger partial charge >= 0.3 is 5.97 Å². The lowest BCUT2D eigenvalue weighted by Crippen LogP contribution is -2.62. The van der Waals surface area contributed by atoms with Gasteiger partial charge in [-0.2, -0.15) is 0 Å². The van der Waals surface area contributed by atoms with Crippen molar-refractivity contribution >= 4 is 11.8 Å². The number of aliphatic hydroxyl groups is 1. The maximum atomic E-state index is 12.9. The fourth-order valence-corrected chi connectivity index (χ4v) is 7.09. The summed E-state index contributed by atoms with van der Waals surface area (Å²) in [5, 5.41) is 20.4. The Hall–Kier alpha value is -1.68. The molecule has 198 valence electrons. The van der Waals surface area contributed by atoms with Crippen LogP contribution in [0.3, 0.4) is 0 Å². The van der Waals surface area contributed by atoms with Crippen LogP contribution in [0.5, 0.6) is 0 Å². The molecule has 4 heteroatoms. The third-order valence-electron chi connectivity index (χ3n) is 9.64. The van der Waals surface area contributed by atoms with Crippen molar-refractivity contribution in [2.75, 3.05) is 0 Å². The maximum absolute atomic E-state index is 12.9. The lowest BCUT2D eigenvalue weighted by molar-refractivity contribution is -0.193. The van der Waals surface area contributed by atoms with E-state index in [4.69, 9.17) is 5.11 Å². The minimum Gasteiger partial charge on any atom is -0.478 e. The summed E-state index contributed by atoms with van der Waals surface area (Å²) in [6, 6.07) is 0. The summed E-state index contributed by atoms with van der Waals surface area (Å²) in [4.78, 5) is 23.7. The molecule has 0 aliphatic heterocycles. The molecule has 0 heterocycles. The summed E-state index contributed by atoms with van der Waals surface area (Å²) < 4.78 is 0. The van der Waals surface area contributed by atoms with Crippen molar-refractivity contribution in [3.05, 3.63) is 34.9 Å². The molecule has 2 N–H and O–H groups in total. The average Bonchev–Trinajstić information content (AvgIpc) is 2.74. The van der Waals surface area contributed by atoms with Crippen molar-refractivity contribution in [3.63, 3.8) is 0 Å². The second-order valence-corrected chi connectivity index (χ2v) is 12.6. The number of hydrogen-bond acceptors (Lipinski definition) is 3. The van der Waals surface area contributed by atoms with E-state index in [0.717, 1.165) is 51.4 Å². The minimum absolute atomic E-state index is 0.0335. The average molecular weight is 487 g/mol. The molecule has 0 aromatic heterocycles. The number of Topliss-reactive ketones (excluding diaryl/α,β-unsaturated/α-hetero) is 1. The summed E-state index contributed by atoms with van der Waals surface area (Å²) in [5.74, 6) is 0.340. The highest BCUT2D eigenvalue weighted by Gasteiger charge is 2.62. The Labute approximate surface area is 214 Å². The van der Waals surface area contributed by atoms with Crippen LogP contribution in [0.15, 0.2) is 34.9 Å². The normalized spacial score (nSPS) is 34.0. The van der Waals surface area contributed by atoms with Crippen molar-refractivity contribution in [2.45, 2.75) is 119 Å². The monoisotopic (exact) mass is 486 g/mol. The zero-order chi connectivity index (χ0) is 26.6. The number of ketones is 1. The molecule has 2 saturated carbocycles. The van der Waals surface area contributed by atoms with Gasteiger partial charge in [0.1, 0.15) is 5.78 Å². The Morgan fingerprint density at radius 2 is 1.51 bits per heavy atom. The third kappa shape index (κ3) is 6.76. The van der Waals surface area contributed by atoms with E-state index in [-0.39, 0.29) is 22.7 Å². The second kappa shape index (κ2) is 11.6. The van der Waals surface area contributed by atoms with Gasteiger partial charge in [0, 0.05) is 17.4 Å². The van der Waals surface area contributed by atoms with Gasteiger partial charge in [0.2, 0.25) is 0 Å². The molecule has 0 amide bonds. The van der Waals surface area contributed by atoms with Crippen molar-refractivity contribution in [3.8, 4) is 0 Å². The number of carbonyl (C=O) groups excluding carboxylic acids is 1. The molecule has 0 saturated heterocycles. The third-order valence-corrected chi connectivity index (χ3v) is 9.64. The molecule has 2 fully saturated rings. The van der Waals surface area contributed by atoms with E-state index in [1.807, 2.05) is 6.92 Å². The zero-order valence-electron chi connectivity index (χ0n) is 23.5. The quantitative estimate of drug-likeness (QED) is 0.245. The molecule has 0 bridgehead atoms. The first-order chi connectivity index (χ1) is 16.1. The van der Waals surface area contributed by atoms with Crippen LogP contribution in [0.4, 0.5) is 0 Å². The zero-order valence-corrected chi connectivity index (χ0v) is 23.5. The van der Waals surface area contributed by atoms with Crippen LogP contribution in [-0.2, 0) is 9.59 Å². The van der Waals surface area contributed by atoms with Gasteiger partial charge in [-0.25, -0.2) is 4.79 Å². The van der Waals surface area contributed by atoms with E-state index < -0.39 is 11.6 Å². The molecular formula is C31H50O4. The number of carboxylic acid groups (broad SMARTS) is 1. The number of rotatable bonds is 10. The lowest BCUT2D eigenvalue weighted by Gasteiger charge is -2.63. The first-order valence-corrected chi connectivity index (χ1v) is 13.6. The number of fused-ring (bicyclic) bond motifs is 1. The van der Waals surface area contributed by atoms with Crippen LogP contribution >= 0.6 is 0 Å². The molecule has 0 aromatic carbocycles. The van der Waals surface area contributed by atoms with E-state index >= 15 is 0 Å². The van der Waals surface area contributed by atoms with Gasteiger partial charge in [-0.1, -0.05) is 57.1 Å². The summed E-state index contributed by atoms with van der Waals surface area (Å²) in [5.41, 5.74) is 2.05. The van der Waals surface area contributed by atoms with Gasteiger partial charge in [0.05, 0.1) is 5.60 Å². The molecule has 0 spiro atoms. The Bertz CT molecular complexity index is 872. The van der Waals surface area contributed by atoms with Gasteiger partial charge in [0.25, 0.3) is 0 Å². The standard InChI is InChI=1S/C31H50O4/c1-21(14-10-16-23(3)28(33)34)12-9-13-22(2)15-11-17-26-30(7,35)19-18-25-29(5,6)27(32)20-24(4)31(25,26)8/h12,15-16,24-26,35H,9-11,13-14,17-20H2,1-8H3,(H,33,34)/b21-12+,22-15+,23-16+/t24-,25?,26+,30-,31+/m1/s1. The molecule has 0 radical (unpaired) electrons. The summed E-state index contributed by atoms with van der Waals surface area (Å²) in [6.45, 7) is 16.8. The Morgan fingerprint density at radius 3 is 2.09 bits per heavy atom. The molecule has 2 aliphatic carbocycles. The number of aliphatic carboxylic acids is 1. The highest BCUT2D eigenvalue weighted by molar-refractivity contribution is 5.86. The Kier molecular flexibility index (Phi) is 9.78. The maximum Gasteiger partial charge on any atom is 0.330 e. The fraction of sp³-hybridized carbons (Fsp3) is 0.742. The van der Waals surface area contributed by atoms with Crippen LogP contribution in [-0.4, -0.2) is 27.6 Å². The molecule has 4 nitrogen and oxygen atoms in total. The minimum atomic E-state index is -0.846. The van der Waals surface area contributed by atoms with Gasteiger partial charge in [-0.3, -0.25) is 4.79 Å². The lowest BCUT2D eigenvalue weighted by atomic mass is 9.42. The highest BCUT2D eigenvalue weighted by atomic mass is 16.4. The van der Waals surface area contributed by atoms with Crippen molar-refractivity contribution < 1.29 is 19.8 Å². The summed E-state index contributed by atoms with van der Waals surface area (Å²) >= 11 is 0. The Balaban J connectivity index is 1.97. The fourth-order valence-electron chi connectivity index (χ4n) is 7.09. The van der Waals surface area contributed by atoms with Gasteiger partial charge in [-0.15, -0.1) is 0 Å². The Morgan fingerprint density at radius 1 is 0.971 bits per heavy atom. The van der Waals surface area contributed by atoms with Crippen LogP contribution in [0.1, 0.15) is 113 Å². The van der Waals surface area contributed by atoms with Crippen LogP contribution in [0.25, 0.3) is 0 Å². The molecule has 2 aliphatic rings. The van der Waals surface area contributed by atoms with Crippen molar-refractivity contribution in [1.82, 2.24) is 0 Å². The number of allylic oxidation sites excluding steroid dienone is 5. The van der Waals surface area contributed by atoms with Gasteiger partial charge in [-0.05, 0) is 102 Å². The van der Waals surface area contributed by atoms with E-state index in [9.17, 15) is 14.7 Å². The van der Waals surface area contributed by atoms with Crippen molar-refractivity contribution in [2.24, 2.45) is 28.6 Å². The number of carbonyl (C=O) groups is 2. The van der Waals surface area contributed by atoms with E-state index in [1.54, 1.807) is 13.0 Å². The van der Waals surface area contributed by atoms with Gasteiger partial charge in [0.15, 0.2) is 0 Å². The van der Waals surface area contributed by atoms with E-state index in [1.165, 1.54) is 11.1 Å². The first kappa shape index (κ1) is 29.5. The molecule has 2 rings (SSSR count). The molecule has 35 heavy (non-hydrogen) atoms. The SMILES string of the molecule is C/C(=C\CC/C(C)=C/CC[C@@H]1[C@]2(C)C(CC[C@@]1(C)O)C(C)(C)C(=O)C[C@H]2C)CC/C=C(\C)C(=O)O. The van der Waals surface area contributed by atoms with Gasteiger partial charge < -0.3 is 10.2 Å². The second-order valence-electron chi connectivity index (χ2n) is 12.6. The predicted molar refractivity (Wildman–Crippen MR) is 144 cm³/mol.